The Morgan fingerprint density at radius 2 is 2.00 bits per heavy atom. The molecular weight excluding hydrogens is 280 g/mol. The van der Waals surface area contributed by atoms with E-state index in [0.717, 1.165) is 27.3 Å². The lowest BCUT2D eigenvalue weighted by Gasteiger charge is -2.13. The monoisotopic (exact) mass is 296 g/mol. The second kappa shape index (κ2) is 5.61. The fraction of sp³-hybridized carbons (Fsp3) is 0.125. The highest BCUT2D eigenvalue weighted by atomic mass is 32.2. The van der Waals surface area contributed by atoms with Crippen molar-refractivity contribution in [2.75, 3.05) is 5.73 Å². The van der Waals surface area contributed by atoms with Crippen LogP contribution in [0.15, 0.2) is 59.7 Å². The summed E-state index contributed by atoms with van der Waals surface area (Å²) in [5.41, 5.74) is 9.55. The van der Waals surface area contributed by atoms with E-state index in [9.17, 15) is 0 Å². The molecule has 2 aromatic rings. The van der Waals surface area contributed by atoms with E-state index in [-0.39, 0.29) is 5.37 Å². The number of anilines is 1. The van der Waals surface area contributed by atoms with Crippen LogP contribution in [0.2, 0.25) is 0 Å². The van der Waals surface area contributed by atoms with Gasteiger partial charge in [0, 0.05) is 10.6 Å². The predicted octanol–water partition coefficient (Wildman–Crippen LogP) is 3.52. The minimum Gasteiger partial charge on any atom is -0.382 e. The number of nitrogen functional groups attached to an aromatic ring is 1. The van der Waals surface area contributed by atoms with E-state index in [1.54, 1.807) is 11.8 Å². The van der Waals surface area contributed by atoms with Crippen molar-refractivity contribution in [1.82, 2.24) is 15.3 Å². The number of thioether (sulfide) groups is 1. The van der Waals surface area contributed by atoms with Crippen molar-refractivity contribution >= 4 is 28.6 Å². The number of nitrogens with one attached hydrogen (secondary N) is 1. The topological polar surface area (TPSA) is 63.8 Å². The van der Waals surface area contributed by atoms with Gasteiger partial charge in [-0.05, 0) is 25.1 Å². The van der Waals surface area contributed by atoms with Gasteiger partial charge in [-0.15, -0.1) is 0 Å². The lowest BCUT2D eigenvalue weighted by Crippen LogP contribution is -2.16. The van der Waals surface area contributed by atoms with Gasteiger partial charge in [0.2, 0.25) is 0 Å². The molecule has 0 aliphatic carbocycles. The van der Waals surface area contributed by atoms with Crippen molar-refractivity contribution in [3.63, 3.8) is 0 Å². The molecule has 1 aromatic carbocycles. The van der Waals surface area contributed by atoms with Crippen LogP contribution in [0.25, 0.3) is 11.0 Å². The van der Waals surface area contributed by atoms with Gasteiger partial charge in [0.25, 0.3) is 0 Å². The Labute approximate surface area is 127 Å². The smallest absolute Gasteiger partial charge is 0.149 e. The molecule has 1 aliphatic rings. The molecule has 0 spiro atoms. The normalized spacial score (nSPS) is 18.4. The number of hydrogen-bond donors (Lipinski definition) is 2. The number of fused-ring (bicyclic) bond motifs is 1. The molecule has 21 heavy (non-hydrogen) atoms. The van der Waals surface area contributed by atoms with Gasteiger partial charge in [0.1, 0.15) is 16.9 Å². The minimum atomic E-state index is -0.0405. The average molecular weight is 296 g/mol. The summed E-state index contributed by atoms with van der Waals surface area (Å²) in [5, 5.41) is 3.38. The number of aromatic nitrogens is 2. The fourth-order valence-corrected chi connectivity index (χ4v) is 3.31. The molecule has 1 atom stereocenters. The molecule has 0 bridgehead atoms. The maximum Gasteiger partial charge on any atom is 0.149 e. The van der Waals surface area contributed by atoms with Crippen LogP contribution in [0.4, 0.5) is 5.82 Å². The molecular formula is C16H16N4S. The van der Waals surface area contributed by atoms with Gasteiger partial charge in [-0.1, -0.05) is 42.6 Å². The van der Waals surface area contributed by atoms with Gasteiger partial charge in [0.15, 0.2) is 0 Å². The summed E-state index contributed by atoms with van der Waals surface area (Å²) in [4.78, 5) is 10.2. The first kappa shape index (κ1) is 13.7. The van der Waals surface area contributed by atoms with E-state index in [2.05, 4.69) is 21.9 Å². The number of benzene rings is 1. The molecule has 2 heterocycles. The van der Waals surface area contributed by atoms with Crippen molar-refractivity contribution in [2.45, 2.75) is 12.3 Å². The van der Waals surface area contributed by atoms with Crippen LogP contribution in [0, 0.1) is 0 Å². The van der Waals surface area contributed by atoms with Crippen molar-refractivity contribution < 1.29 is 0 Å². The van der Waals surface area contributed by atoms with Crippen molar-refractivity contribution in [1.29, 1.82) is 0 Å². The number of para-hydroxylation sites is 2. The van der Waals surface area contributed by atoms with Gasteiger partial charge >= 0.3 is 0 Å². The minimum absolute atomic E-state index is 0.0405. The van der Waals surface area contributed by atoms with Gasteiger partial charge in [-0.2, -0.15) is 0 Å². The van der Waals surface area contributed by atoms with E-state index in [4.69, 9.17) is 5.73 Å². The standard InChI is InChI=1S/C16H16N4S/c1-3-7-12-13(4-2)21-16(20-12)14-15(17)19-11-9-6-5-8-10(11)18-14/h3-9,16,20H,2H2,1H3,(H2,17,19)/b7-3-. The molecule has 0 radical (unpaired) electrons. The molecule has 5 heteroatoms. The molecule has 0 saturated carbocycles. The quantitative estimate of drug-likeness (QED) is 0.907. The van der Waals surface area contributed by atoms with Gasteiger partial charge in [-0.25, -0.2) is 9.97 Å². The molecule has 1 unspecified atom stereocenters. The van der Waals surface area contributed by atoms with E-state index >= 15 is 0 Å². The largest absolute Gasteiger partial charge is 0.382 e. The van der Waals surface area contributed by atoms with Crippen molar-refractivity contribution in [3.8, 4) is 0 Å². The Hall–Kier alpha value is -2.27. The number of nitrogens with zero attached hydrogens (tertiary/aromatic N) is 2. The van der Waals surface area contributed by atoms with Crippen LogP contribution >= 0.6 is 11.8 Å². The third-order valence-corrected chi connectivity index (χ3v) is 4.41. The zero-order valence-corrected chi connectivity index (χ0v) is 12.5. The summed E-state index contributed by atoms with van der Waals surface area (Å²) in [7, 11) is 0. The molecule has 0 saturated heterocycles. The molecule has 4 nitrogen and oxygen atoms in total. The van der Waals surface area contributed by atoms with Crippen molar-refractivity contribution in [3.05, 3.63) is 65.4 Å². The molecule has 1 aliphatic heterocycles. The number of allylic oxidation sites excluding steroid dienone is 3. The molecule has 106 valence electrons. The Bertz CT molecular complexity index is 764. The molecule has 0 amide bonds. The zero-order valence-electron chi connectivity index (χ0n) is 11.7. The number of nitrogens with two attached hydrogens (primary N) is 1. The first-order valence-electron chi connectivity index (χ1n) is 6.67. The highest BCUT2D eigenvalue weighted by molar-refractivity contribution is 8.03. The van der Waals surface area contributed by atoms with Gasteiger partial charge in [-0.3, -0.25) is 0 Å². The lowest BCUT2D eigenvalue weighted by molar-refractivity contribution is 0.803. The molecule has 3 N–H and O–H groups in total. The third-order valence-electron chi connectivity index (χ3n) is 3.19. The van der Waals surface area contributed by atoms with E-state index in [0.29, 0.717) is 5.82 Å². The highest BCUT2D eigenvalue weighted by Crippen LogP contribution is 2.42. The van der Waals surface area contributed by atoms with Crippen LogP contribution in [-0.2, 0) is 0 Å². The summed E-state index contributed by atoms with van der Waals surface area (Å²) in [6.45, 7) is 5.84. The van der Waals surface area contributed by atoms with Crippen LogP contribution in [-0.4, -0.2) is 9.97 Å². The number of hydrogen-bond acceptors (Lipinski definition) is 5. The highest BCUT2D eigenvalue weighted by Gasteiger charge is 2.26. The van der Waals surface area contributed by atoms with Crippen molar-refractivity contribution in [2.24, 2.45) is 0 Å². The predicted molar refractivity (Wildman–Crippen MR) is 89.5 cm³/mol. The maximum absolute atomic E-state index is 6.08. The van der Waals surface area contributed by atoms with E-state index in [1.807, 2.05) is 49.4 Å². The Morgan fingerprint density at radius 1 is 1.29 bits per heavy atom. The van der Waals surface area contributed by atoms with Gasteiger partial charge < -0.3 is 11.1 Å². The first-order valence-corrected chi connectivity index (χ1v) is 7.55. The molecule has 0 fully saturated rings. The first-order chi connectivity index (χ1) is 10.2. The van der Waals surface area contributed by atoms with Gasteiger partial charge in [0.05, 0.1) is 11.0 Å². The Morgan fingerprint density at radius 3 is 2.67 bits per heavy atom. The Balaban J connectivity index is 1.99. The SMILES string of the molecule is C=CC1=C(/C=C\C)NC(c2nc3ccccc3nc2N)S1. The second-order valence-corrected chi connectivity index (χ2v) is 5.75. The maximum atomic E-state index is 6.08. The molecule has 1 aromatic heterocycles. The van der Waals surface area contributed by atoms with Crippen LogP contribution in [0.1, 0.15) is 18.0 Å². The van der Waals surface area contributed by atoms with Crippen LogP contribution in [0.3, 0.4) is 0 Å². The summed E-state index contributed by atoms with van der Waals surface area (Å²) in [6.07, 6.45) is 5.86. The van der Waals surface area contributed by atoms with E-state index < -0.39 is 0 Å². The van der Waals surface area contributed by atoms with E-state index in [1.165, 1.54) is 0 Å². The van der Waals surface area contributed by atoms with Crippen LogP contribution in [0.5, 0.6) is 0 Å². The van der Waals surface area contributed by atoms with Crippen LogP contribution < -0.4 is 11.1 Å². The third kappa shape index (κ3) is 2.52. The average Bonchev–Trinajstić information content (AvgIpc) is 2.90. The Kier molecular flexibility index (Phi) is 3.66. The second-order valence-electron chi connectivity index (χ2n) is 4.61. The lowest BCUT2D eigenvalue weighted by atomic mass is 10.2. The summed E-state index contributed by atoms with van der Waals surface area (Å²) >= 11 is 1.65. The number of rotatable bonds is 3. The molecule has 3 rings (SSSR count). The summed E-state index contributed by atoms with van der Waals surface area (Å²) < 4.78 is 0. The zero-order chi connectivity index (χ0) is 14.8. The summed E-state index contributed by atoms with van der Waals surface area (Å²) in [5.74, 6) is 0.462. The summed E-state index contributed by atoms with van der Waals surface area (Å²) in [6, 6.07) is 7.74. The fourth-order valence-electron chi connectivity index (χ4n) is 2.23.